The highest BCUT2D eigenvalue weighted by atomic mass is 19.1. The van der Waals surface area contributed by atoms with Crippen molar-refractivity contribution < 1.29 is 8.78 Å². The van der Waals surface area contributed by atoms with Crippen molar-refractivity contribution >= 4 is 0 Å². The molecule has 0 saturated carbocycles. The van der Waals surface area contributed by atoms with Crippen LogP contribution in [0.3, 0.4) is 0 Å². The summed E-state index contributed by atoms with van der Waals surface area (Å²) in [5, 5.41) is 3.26. The first-order valence-corrected chi connectivity index (χ1v) is 5.78. The van der Waals surface area contributed by atoms with Crippen molar-refractivity contribution in [2.45, 2.75) is 39.2 Å². The van der Waals surface area contributed by atoms with Crippen LogP contribution in [0.4, 0.5) is 8.78 Å². The molecule has 1 aromatic rings. The zero-order valence-corrected chi connectivity index (χ0v) is 9.90. The van der Waals surface area contributed by atoms with Crippen LogP contribution in [0, 0.1) is 18.6 Å². The summed E-state index contributed by atoms with van der Waals surface area (Å²) in [6.45, 7) is 6.24. The summed E-state index contributed by atoms with van der Waals surface area (Å²) in [4.78, 5) is 0. The molecule has 1 N–H and O–H groups in total. The van der Waals surface area contributed by atoms with Gasteiger partial charge in [0.2, 0.25) is 0 Å². The van der Waals surface area contributed by atoms with Crippen molar-refractivity contribution in [1.29, 1.82) is 0 Å². The lowest BCUT2D eigenvalue weighted by Gasteiger charge is -2.31. The predicted molar refractivity (Wildman–Crippen MR) is 60.5 cm³/mol. The molecule has 88 valence electrons. The van der Waals surface area contributed by atoms with E-state index in [9.17, 15) is 8.78 Å². The third kappa shape index (κ3) is 1.63. The van der Waals surface area contributed by atoms with Crippen LogP contribution in [0.25, 0.3) is 0 Å². The first-order valence-electron chi connectivity index (χ1n) is 5.78. The fraction of sp³-hybridized carbons (Fsp3) is 0.538. The summed E-state index contributed by atoms with van der Waals surface area (Å²) in [6, 6.07) is 1.25. The first kappa shape index (κ1) is 11.5. The second kappa shape index (κ2) is 4.13. The fourth-order valence-corrected chi connectivity index (χ4v) is 2.50. The highest BCUT2D eigenvalue weighted by Gasteiger charge is 2.29. The van der Waals surface area contributed by atoms with Crippen LogP contribution in [0.5, 0.6) is 0 Å². The number of hydrogen-bond donors (Lipinski definition) is 1. The normalized spacial score (nSPS) is 24.3. The molecule has 0 bridgehead atoms. The average molecular weight is 225 g/mol. The van der Waals surface area contributed by atoms with E-state index in [0.29, 0.717) is 23.2 Å². The Balaban J connectivity index is 2.67. The molecule has 2 atom stereocenters. The lowest BCUT2D eigenvalue weighted by atomic mass is 9.84. The van der Waals surface area contributed by atoms with E-state index < -0.39 is 0 Å². The highest BCUT2D eigenvalue weighted by Crippen LogP contribution is 2.36. The molecular weight excluding hydrogens is 208 g/mol. The van der Waals surface area contributed by atoms with Crippen LogP contribution in [-0.4, -0.2) is 6.54 Å². The molecule has 0 spiro atoms. The fourth-order valence-electron chi connectivity index (χ4n) is 2.50. The van der Waals surface area contributed by atoms with Crippen molar-refractivity contribution in [2.24, 2.45) is 0 Å². The molecule has 1 aliphatic rings. The zero-order valence-electron chi connectivity index (χ0n) is 9.90. The minimum Gasteiger partial charge on any atom is -0.309 e. The van der Waals surface area contributed by atoms with E-state index in [1.165, 1.54) is 6.07 Å². The molecule has 2 unspecified atom stereocenters. The van der Waals surface area contributed by atoms with Gasteiger partial charge in [-0.15, -0.1) is 0 Å². The van der Waals surface area contributed by atoms with Gasteiger partial charge in [0.15, 0.2) is 0 Å². The average Bonchev–Trinajstić information content (AvgIpc) is 2.25. The first-order chi connectivity index (χ1) is 7.56. The maximum atomic E-state index is 14.1. The van der Waals surface area contributed by atoms with Gasteiger partial charge in [-0.2, -0.15) is 0 Å². The van der Waals surface area contributed by atoms with Crippen LogP contribution in [0.15, 0.2) is 6.07 Å². The number of benzene rings is 1. The van der Waals surface area contributed by atoms with Gasteiger partial charge in [-0.1, -0.05) is 13.8 Å². The second-order valence-electron chi connectivity index (χ2n) is 4.59. The predicted octanol–water partition coefficient (Wildman–Crippen LogP) is 3.43. The van der Waals surface area contributed by atoms with Crippen molar-refractivity contribution in [2.75, 3.05) is 6.54 Å². The maximum absolute atomic E-state index is 14.1. The summed E-state index contributed by atoms with van der Waals surface area (Å²) < 4.78 is 27.9. The lowest BCUT2D eigenvalue weighted by Crippen LogP contribution is -2.33. The Labute approximate surface area is 94.9 Å². The summed E-state index contributed by atoms with van der Waals surface area (Å²) >= 11 is 0. The van der Waals surface area contributed by atoms with Gasteiger partial charge in [0.1, 0.15) is 11.6 Å². The van der Waals surface area contributed by atoms with Gasteiger partial charge < -0.3 is 5.32 Å². The number of rotatable bonds is 1. The number of halogens is 2. The molecule has 0 fully saturated rings. The zero-order chi connectivity index (χ0) is 11.9. The largest absolute Gasteiger partial charge is 0.309 e. The molecule has 2 rings (SSSR count). The van der Waals surface area contributed by atoms with Crippen LogP contribution in [0.1, 0.15) is 48.9 Å². The third-order valence-corrected chi connectivity index (χ3v) is 3.39. The summed E-state index contributed by atoms with van der Waals surface area (Å²) in [5.41, 5.74) is 1.50. The van der Waals surface area contributed by atoms with Crippen molar-refractivity contribution in [1.82, 2.24) is 5.32 Å². The van der Waals surface area contributed by atoms with E-state index in [1.54, 1.807) is 6.92 Å². The molecule has 0 aromatic heterocycles. The van der Waals surface area contributed by atoms with Crippen LogP contribution < -0.4 is 5.32 Å². The van der Waals surface area contributed by atoms with Crippen molar-refractivity contribution in [3.8, 4) is 0 Å². The molecular formula is C13H17F2N. The van der Waals surface area contributed by atoms with Gasteiger partial charge in [-0.05, 0) is 36.5 Å². The molecule has 1 aromatic carbocycles. The molecule has 1 heterocycles. The molecule has 1 nitrogen and oxygen atoms in total. The Bertz CT molecular complexity index is 415. The standard InChI is InChI=1S/C13H17F2N/c1-4-10-12-11(8(3)6-16-10)9(14)5-7(2)13(12)15/h5,8,10,16H,4,6H2,1-3H3. The second-order valence-corrected chi connectivity index (χ2v) is 4.59. The molecule has 0 radical (unpaired) electrons. The Morgan fingerprint density at radius 2 is 2.06 bits per heavy atom. The van der Waals surface area contributed by atoms with Crippen molar-refractivity contribution in [3.05, 3.63) is 34.4 Å². The van der Waals surface area contributed by atoms with E-state index in [-0.39, 0.29) is 23.6 Å². The Morgan fingerprint density at radius 1 is 1.38 bits per heavy atom. The lowest BCUT2D eigenvalue weighted by molar-refractivity contribution is 0.416. The number of aryl methyl sites for hydroxylation is 1. The van der Waals surface area contributed by atoms with E-state index in [4.69, 9.17) is 0 Å². The Hall–Kier alpha value is -0.960. The summed E-state index contributed by atoms with van der Waals surface area (Å²) in [5.74, 6) is -0.475. The highest BCUT2D eigenvalue weighted by molar-refractivity contribution is 5.41. The Kier molecular flexibility index (Phi) is 2.98. The minimum atomic E-state index is -0.263. The maximum Gasteiger partial charge on any atom is 0.131 e. The number of fused-ring (bicyclic) bond motifs is 1. The van der Waals surface area contributed by atoms with Crippen LogP contribution >= 0.6 is 0 Å². The molecule has 0 aliphatic carbocycles. The van der Waals surface area contributed by atoms with Gasteiger partial charge >= 0.3 is 0 Å². The molecule has 0 amide bonds. The quantitative estimate of drug-likeness (QED) is 0.772. The molecule has 16 heavy (non-hydrogen) atoms. The number of nitrogens with one attached hydrogen (secondary N) is 1. The molecule has 1 aliphatic heterocycles. The minimum absolute atomic E-state index is 0.0351. The Morgan fingerprint density at radius 3 is 2.69 bits per heavy atom. The van der Waals surface area contributed by atoms with Crippen molar-refractivity contribution in [3.63, 3.8) is 0 Å². The molecule has 0 saturated heterocycles. The smallest absolute Gasteiger partial charge is 0.131 e. The summed E-state index contributed by atoms with van der Waals surface area (Å²) in [7, 11) is 0. The monoisotopic (exact) mass is 225 g/mol. The van der Waals surface area contributed by atoms with Crippen LogP contribution in [-0.2, 0) is 0 Å². The van der Waals surface area contributed by atoms with Gasteiger partial charge in [0.25, 0.3) is 0 Å². The van der Waals surface area contributed by atoms with Gasteiger partial charge in [0.05, 0.1) is 0 Å². The van der Waals surface area contributed by atoms with E-state index in [0.717, 1.165) is 6.42 Å². The molecule has 3 heteroatoms. The van der Waals surface area contributed by atoms with Crippen LogP contribution in [0.2, 0.25) is 0 Å². The summed E-state index contributed by atoms with van der Waals surface area (Å²) in [6.07, 6.45) is 0.777. The number of hydrogen-bond acceptors (Lipinski definition) is 1. The van der Waals surface area contributed by atoms with E-state index in [1.807, 2.05) is 13.8 Å². The van der Waals surface area contributed by atoms with E-state index >= 15 is 0 Å². The van der Waals surface area contributed by atoms with E-state index in [2.05, 4.69) is 5.32 Å². The third-order valence-electron chi connectivity index (χ3n) is 3.39. The van der Waals surface area contributed by atoms with Gasteiger partial charge in [0, 0.05) is 18.2 Å². The van der Waals surface area contributed by atoms with Gasteiger partial charge in [-0.3, -0.25) is 0 Å². The topological polar surface area (TPSA) is 12.0 Å². The SMILES string of the molecule is CCC1NCC(C)c2c(F)cc(C)c(F)c21. The van der Waals surface area contributed by atoms with Gasteiger partial charge in [-0.25, -0.2) is 8.78 Å².